The van der Waals surface area contributed by atoms with Crippen LogP contribution in [0.3, 0.4) is 0 Å². The van der Waals surface area contributed by atoms with Crippen molar-refractivity contribution in [2.45, 2.75) is 45.1 Å². The Hall–Kier alpha value is -1.58. The Balaban J connectivity index is 0.000000801. The number of carbonyl (C=O) groups is 2. The zero-order valence-corrected chi connectivity index (χ0v) is 20.8. The monoisotopic (exact) mass is 507 g/mol. The van der Waals surface area contributed by atoms with Gasteiger partial charge in [0.25, 0.3) is 0 Å². The van der Waals surface area contributed by atoms with Gasteiger partial charge in [0.2, 0.25) is 0 Å². The van der Waals surface area contributed by atoms with Crippen LogP contribution < -0.4 is 4.74 Å². The minimum absolute atomic E-state index is 0.243. The van der Waals surface area contributed by atoms with Crippen molar-refractivity contribution >= 4 is 35.1 Å². The number of benzene rings is 1. The molecule has 0 amide bonds. The van der Waals surface area contributed by atoms with Crippen molar-refractivity contribution in [1.29, 1.82) is 0 Å². The highest BCUT2D eigenvalue weighted by Gasteiger charge is 2.29. The van der Waals surface area contributed by atoms with Crippen LogP contribution in [0.1, 0.15) is 39.0 Å². The number of methoxy groups -OCH3 is 1. The topological polar surface area (TPSA) is 106 Å². The highest BCUT2D eigenvalue weighted by atomic mass is 35.5. The Kier molecular flexibility index (Phi) is 15.1. The number of unbranched alkanes of at least 4 members (excludes halogenated alkanes) is 2. The maximum Gasteiger partial charge on any atom is 0.414 e. The second kappa shape index (κ2) is 16.9. The van der Waals surface area contributed by atoms with Crippen LogP contribution in [-0.4, -0.2) is 79.7 Å². The number of carboxylic acid groups (broad SMARTS) is 2. The third-order valence-electron chi connectivity index (χ3n) is 5.31. The molecule has 2 rings (SSSR count). The van der Waals surface area contributed by atoms with E-state index in [2.05, 4.69) is 11.8 Å². The van der Waals surface area contributed by atoms with E-state index in [1.54, 1.807) is 19.2 Å². The van der Waals surface area contributed by atoms with E-state index in [1.807, 2.05) is 6.07 Å². The maximum atomic E-state index is 9.10. The number of hydrogen-bond donors (Lipinski definition) is 2. The molecular weight excluding hydrogens is 473 g/mol. The molecule has 1 saturated heterocycles. The molecule has 33 heavy (non-hydrogen) atoms. The summed E-state index contributed by atoms with van der Waals surface area (Å²) in [5.41, 5.74) is 0. The molecule has 2 atom stereocenters. The van der Waals surface area contributed by atoms with Crippen LogP contribution in [0.2, 0.25) is 10.0 Å². The molecule has 1 heterocycles. The largest absolute Gasteiger partial charge is 0.494 e. The molecule has 0 saturated carbocycles. The second-order valence-electron chi connectivity index (χ2n) is 7.78. The number of piperidine rings is 1. The van der Waals surface area contributed by atoms with E-state index in [0.717, 1.165) is 31.7 Å². The van der Waals surface area contributed by atoms with E-state index in [4.69, 9.17) is 57.2 Å². The molecule has 2 N–H and O–H groups in total. The Labute approximate surface area is 205 Å². The zero-order valence-electron chi connectivity index (χ0n) is 19.3. The molecule has 10 heteroatoms. The van der Waals surface area contributed by atoms with Crippen LogP contribution >= 0.6 is 23.2 Å². The van der Waals surface area contributed by atoms with Crippen molar-refractivity contribution in [3.05, 3.63) is 28.2 Å². The quantitative estimate of drug-likeness (QED) is 0.315. The second-order valence-corrected chi connectivity index (χ2v) is 8.60. The Morgan fingerprint density at radius 2 is 1.82 bits per heavy atom. The molecule has 0 radical (unpaired) electrons. The molecule has 0 aliphatic carbocycles. The van der Waals surface area contributed by atoms with E-state index >= 15 is 0 Å². The molecule has 0 spiro atoms. The van der Waals surface area contributed by atoms with Gasteiger partial charge in [0.1, 0.15) is 5.75 Å². The van der Waals surface area contributed by atoms with Crippen LogP contribution in [0.25, 0.3) is 0 Å². The summed E-state index contributed by atoms with van der Waals surface area (Å²) in [5.74, 6) is -2.38. The zero-order chi connectivity index (χ0) is 24.6. The van der Waals surface area contributed by atoms with Gasteiger partial charge in [-0.2, -0.15) is 0 Å². The van der Waals surface area contributed by atoms with E-state index in [9.17, 15) is 0 Å². The van der Waals surface area contributed by atoms with E-state index in [-0.39, 0.29) is 6.10 Å². The van der Waals surface area contributed by atoms with E-state index < -0.39 is 11.9 Å². The van der Waals surface area contributed by atoms with Gasteiger partial charge >= 0.3 is 11.9 Å². The summed E-state index contributed by atoms with van der Waals surface area (Å²) < 4.78 is 17.2. The average molecular weight is 508 g/mol. The standard InChI is InChI=1S/C21H33Cl2NO3.C2H2O4/c1-3-4-5-10-24-11-8-17(21(16-24)27-14-13-25-2)9-12-26-18-6-7-19(22)20(23)15-18;3-1(4)2(5)6/h6-7,15,17,21H,3-5,8-14,16H2,1-2H3;(H,3,4)(H,5,6)/t17-,21+;/m1./s1. The van der Waals surface area contributed by atoms with Gasteiger partial charge in [0, 0.05) is 19.7 Å². The van der Waals surface area contributed by atoms with Gasteiger partial charge in [-0.1, -0.05) is 43.0 Å². The number of nitrogens with zero attached hydrogens (tertiary/aromatic N) is 1. The summed E-state index contributed by atoms with van der Waals surface area (Å²) in [4.78, 5) is 20.7. The molecule has 1 aliphatic rings. The van der Waals surface area contributed by atoms with Gasteiger partial charge in [-0.05, 0) is 50.4 Å². The lowest BCUT2D eigenvalue weighted by Gasteiger charge is -2.38. The molecule has 1 aliphatic heterocycles. The summed E-state index contributed by atoms with van der Waals surface area (Å²) in [6.07, 6.45) is 6.19. The van der Waals surface area contributed by atoms with Gasteiger partial charge in [-0.15, -0.1) is 0 Å². The highest BCUT2D eigenvalue weighted by molar-refractivity contribution is 6.42. The fraction of sp³-hybridized carbons (Fsp3) is 0.652. The lowest BCUT2D eigenvalue weighted by molar-refractivity contribution is -0.159. The van der Waals surface area contributed by atoms with Crippen molar-refractivity contribution in [3.8, 4) is 5.75 Å². The smallest absolute Gasteiger partial charge is 0.414 e. The number of aliphatic carboxylic acids is 2. The van der Waals surface area contributed by atoms with Crippen LogP contribution in [0.5, 0.6) is 5.75 Å². The lowest BCUT2D eigenvalue weighted by atomic mass is 9.90. The molecule has 1 fully saturated rings. The summed E-state index contributed by atoms with van der Waals surface area (Å²) in [6.45, 7) is 7.51. The summed E-state index contributed by atoms with van der Waals surface area (Å²) in [5, 5.41) is 15.9. The number of rotatable bonds is 12. The summed E-state index contributed by atoms with van der Waals surface area (Å²) in [6, 6.07) is 5.40. The molecule has 1 aromatic carbocycles. The van der Waals surface area contributed by atoms with Crippen molar-refractivity contribution in [2.75, 3.05) is 46.6 Å². The predicted molar refractivity (Wildman–Crippen MR) is 128 cm³/mol. The third kappa shape index (κ3) is 12.5. The SMILES string of the molecule is CCCCCN1CC[C@H](CCOc2ccc(Cl)c(Cl)c2)[C@@H](OCCOC)C1.O=C(O)C(=O)O. The van der Waals surface area contributed by atoms with E-state index in [0.29, 0.717) is 35.8 Å². The molecule has 0 bridgehead atoms. The minimum atomic E-state index is -1.82. The first kappa shape index (κ1) is 29.5. The Bertz CT molecular complexity index is 708. The highest BCUT2D eigenvalue weighted by Crippen LogP contribution is 2.28. The molecule has 0 unspecified atom stereocenters. The van der Waals surface area contributed by atoms with Gasteiger partial charge in [-0.3, -0.25) is 0 Å². The maximum absolute atomic E-state index is 9.10. The molecule has 188 valence electrons. The van der Waals surface area contributed by atoms with Crippen molar-refractivity contribution in [3.63, 3.8) is 0 Å². The van der Waals surface area contributed by atoms with Crippen molar-refractivity contribution in [2.24, 2.45) is 5.92 Å². The molecule has 8 nitrogen and oxygen atoms in total. The van der Waals surface area contributed by atoms with Crippen LogP contribution in [0, 0.1) is 5.92 Å². The normalized spacial score (nSPS) is 18.3. The number of carboxylic acids is 2. The van der Waals surface area contributed by atoms with Gasteiger partial charge in [-0.25, -0.2) is 9.59 Å². The van der Waals surface area contributed by atoms with Gasteiger partial charge in [0.15, 0.2) is 0 Å². The summed E-state index contributed by atoms with van der Waals surface area (Å²) >= 11 is 12.0. The Morgan fingerprint density at radius 3 is 2.42 bits per heavy atom. The molecular formula is C23H35Cl2NO7. The predicted octanol–water partition coefficient (Wildman–Crippen LogP) is 4.46. The first-order valence-electron chi connectivity index (χ1n) is 11.1. The fourth-order valence-electron chi connectivity index (χ4n) is 3.51. The number of halogens is 2. The van der Waals surface area contributed by atoms with Crippen molar-refractivity contribution in [1.82, 2.24) is 4.90 Å². The third-order valence-corrected chi connectivity index (χ3v) is 6.05. The average Bonchev–Trinajstić information content (AvgIpc) is 2.78. The lowest BCUT2D eigenvalue weighted by Crippen LogP contribution is -2.46. The molecule has 0 aromatic heterocycles. The minimum Gasteiger partial charge on any atom is -0.494 e. The van der Waals surface area contributed by atoms with Crippen LogP contribution in [0.4, 0.5) is 0 Å². The molecule has 1 aromatic rings. The fourth-order valence-corrected chi connectivity index (χ4v) is 3.80. The number of likely N-dealkylation sites (tertiary alicyclic amines) is 1. The first-order valence-corrected chi connectivity index (χ1v) is 11.9. The van der Waals surface area contributed by atoms with Gasteiger partial charge in [0.05, 0.1) is 36.0 Å². The van der Waals surface area contributed by atoms with Crippen LogP contribution in [0.15, 0.2) is 18.2 Å². The van der Waals surface area contributed by atoms with Crippen molar-refractivity contribution < 1.29 is 34.0 Å². The first-order chi connectivity index (χ1) is 15.8. The number of ether oxygens (including phenoxy) is 3. The van der Waals surface area contributed by atoms with Gasteiger partial charge < -0.3 is 29.3 Å². The Morgan fingerprint density at radius 1 is 1.09 bits per heavy atom. The van der Waals surface area contributed by atoms with E-state index in [1.165, 1.54) is 25.8 Å². The summed E-state index contributed by atoms with van der Waals surface area (Å²) in [7, 11) is 1.71. The number of hydrogen-bond acceptors (Lipinski definition) is 6. The van der Waals surface area contributed by atoms with Crippen LogP contribution in [-0.2, 0) is 19.1 Å².